The van der Waals surface area contributed by atoms with Crippen LogP contribution in [0.15, 0.2) is 24.4 Å². The molecule has 1 aliphatic rings. The Kier molecular flexibility index (Phi) is 8.03. The van der Waals surface area contributed by atoms with Gasteiger partial charge in [0.25, 0.3) is 0 Å². The van der Waals surface area contributed by atoms with Crippen LogP contribution in [0.5, 0.6) is 0 Å². The van der Waals surface area contributed by atoms with Crippen LogP contribution < -0.4 is 0 Å². The summed E-state index contributed by atoms with van der Waals surface area (Å²) in [7, 11) is 9.63. The van der Waals surface area contributed by atoms with Crippen LogP contribution in [0.3, 0.4) is 0 Å². The van der Waals surface area contributed by atoms with E-state index in [1.807, 2.05) is 18.4 Å². The van der Waals surface area contributed by atoms with E-state index in [1.165, 1.54) is 0 Å². The number of hydrogen-bond donors (Lipinski definition) is 0. The summed E-state index contributed by atoms with van der Waals surface area (Å²) in [4.78, 5) is 0. The summed E-state index contributed by atoms with van der Waals surface area (Å²) in [6.07, 6.45) is 7.82. The molecule has 1 nitrogen and oxygen atoms in total. The van der Waals surface area contributed by atoms with Gasteiger partial charge in [0, 0.05) is 0 Å². The summed E-state index contributed by atoms with van der Waals surface area (Å²) in [5.74, 6) is 0. The van der Waals surface area contributed by atoms with Crippen molar-refractivity contribution < 1.29 is 15.9 Å². The summed E-state index contributed by atoms with van der Waals surface area (Å²) < 4.78 is 0. The third-order valence-electron chi connectivity index (χ3n) is 0.908. The van der Waals surface area contributed by atoms with Crippen LogP contribution >= 0.6 is 19.1 Å². The molecule has 62 valence electrons. The third kappa shape index (κ3) is 6.64. The van der Waals surface area contributed by atoms with Crippen LogP contribution in [0.1, 0.15) is 6.92 Å². The van der Waals surface area contributed by atoms with Gasteiger partial charge in [-0.25, -0.2) is 0 Å². The Morgan fingerprint density at radius 3 is 2.20 bits per heavy atom. The molecule has 0 saturated carbocycles. The van der Waals surface area contributed by atoms with Gasteiger partial charge in [-0.3, -0.25) is 0 Å². The van der Waals surface area contributed by atoms with E-state index in [9.17, 15) is 0 Å². The summed E-state index contributed by atoms with van der Waals surface area (Å²) in [6.45, 7) is 2.06. The monoisotopic (exact) mass is 270 g/mol. The average molecular weight is 271 g/mol. The maximum atomic E-state index is 4.81. The molecular weight excluding hydrogens is 263 g/mol. The minimum absolute atomic E-state index is 0.106. The van der Waals surface area contributed by atoms with Crippen LogP contribution in [-0.4, -0.2) is 6.04 Å². The summed E-state index contributed by atoms with van der Waals surface area (Å²) in [5, 5.41) is 4.06. The molecule has 0 aliphatic carbocycles. The van der Waals surface area contributed by atoms with Crippen molar-refractivity contribution in [2.45, 2.75) is 13.0 Å². The molecule has 10 heavy (non-hydrogen) atoms. The Morgan fingerprint density at radius 2 is 2.00 bits per heavy atom. The van der Waals surface area contributed by atoms with Crippen LogP contribution in [0.25, 0.3) is 5.32 Å². The van der Waals surface area contributed by atoms with E-state index in [1.54, 1.807) is 0 Å². The Labute approximate surface area is 77.6 Å². The molecule has 0 amide bonds. The van der Waals surface area contributed by atoms with Gasteiger partial charge in [-0.15, -0.1) is 6.04 Å². The third-order valence-corrected chi connectivity index (χ3v) is 0.908. The van der Waals surface area contributed by atoms with E-state index >= 15 is 0 Å². The zero-order valence-corrected chi connectivity index (χ0v) is 8.47. The fraction of sp³-hybridized carbons (Fsp3) is 0.333. The number of rotatable bonds is 0. The van der Waals surface area contributed by atoms with Crippen LogP contribution in [0, 0.1) is 0 Å². The van der Waals surface area contributed by atoms with Crippen LogP contribution in [0.2, 0.25) is 0 Å². The standard InChI is InChI=1S/C6H8N.2ClH.Pd/c1-6-4-2-3-5-7-6;;;/h2-6H,1H3;2*1H;/q-1;;;+2/p-2. The van der Waals surface area contributed by atoms with E-state index in [4.69, 9.17) is 19.1 Å². The predicted molar refractivity (Wildman–Crippen MR) is 42.8 cm³/mol. The molecule has 1 heterocycles. The number of allylic oxidation sites excluding steroid dienone is 2. The molecule has 0 saturated heterocycles. The van der Waals surface area contributed by atoms with Crippen LogP contribution in [0.4, 0.5) is 0 Å². The van der Waals surface area contributed by atoms with Crippen molar-refractivity contribution in [1.29, 1.82) is 0 Å². The van der Waals surface area contributed by atoms with Crippen molar-refractivity contribution in [3.8, 4) is 0 Å². The molecule has 1 unspecified atom stereocenters. The first-order chi connectivity index (χ1) is 4.81. The van der Waals surface area contributed by atoms with Gasteiger partial charge in [-0.2, -0.15) is 6.20 Å². The molecule has 4 heteroatoms. The second-order valence-corrected chi connectivity index (χ2v) is 4.02. The topological polar surface area (TPSA) is 14.1 Å². The molecule has 0 aromatic heterocycles. The van der Waals surface area contributed by atoms with Gasteiger partial charge >= 0.3 is 35.0 Å². The Morgan fingerprint density at radius 1 is 1.40 bits per heavy atom. The fourth-order valence-corrected chi connectivity index (χ4v) is 0.510. The van der Waals surface area contributed by atoms with Crippen molar-refractivity contribution in [3.05, 3.63) is 29.7 Å². The molecule has 0 fully saturated rings. The van der Waals surface area contributed by atoms with Crippen molar-refractivity contribution >= 4 is 19.1 Å². The van der Waals surface area contributed by atoms with Crippen molar-refractivity contribution in [2.24, 2.45) is 0 Å². The molecule has 0 bridgehead atoms. The quantitative estimate of drug-likeness (QED) is 0.601. The second kappa shape index (κ2) is 7.63. The molecule has 0 spiro atoms. The van der Waals surface area contributed by atoms with Gasteiger partial charge in [-0.05, 0) is 0 Å². The molecule has 0 aromatic rings. The van der Waals surface area contributed by atoms with E-state index in [0.29, 0.717) is 6.04 Å². The first-order valence-electron chi connectivity index (χ1n) is 2.67. The Hall–Kier alpha value is 0.522. The molecule has 0 aromatic carbocycles. The minimum atomic E-state index is -0.106. The second-order valence-electron chi connectivity index (χ2n) is 1.66. The Balaban J connectivity index is 0.000000236. The zero-order valence-electron chi connectivity index (χ0n) is 5.41. The number of hydrogen-bond acceptors (Lipinski definition) is 0. The van der Waals surface area contributed by atoms with Crippen LogP contribution in [-0.2, 0) is 15.9 Å². The Bertz CT molecular complexity index is 125. The number of halogens is 2. The molecule has 1 atom stereocenters. The normalized spacial score (nSPS) is 21.3. The SMILES string of the molecule is CC1C=CC=C[N-]1.[Cl][Pd][Cl]. The van der Waals surface area contributed by atoms with E-state index in [0.717, 1.165) is 0 Å². The van der Waals surface area contributed by atoms with Gasteiger partial charge in [0.05, 0.1) is 0 Å². The van der Waals surface area contributed by atoms with Crippen molar-refractivity contribution in [3.63, 3.8) is 0 Å². The molecule has 0 radical (unpaired) electrons. The first kappa shape index (κ1) is 10.5. The number of nitrogens with zero attached hydrogens (tertiary/aromatic N) is 1. The molecule has 1 rings (SSSR count). The van der Waals surface area contributed by atoms with E-state index in [-0.39, 0.29) is 15.9 Å². The summed E-state index contributed by atoms with van der Waals surface area (Å²) >= 11 is -0.106. The van der Waals surface area contributed by atoms with Gasteiger partial charge in [0.2, 0.25) is 0 Å². The fourth-order valence-electron chi connectivity index (χ4n) is 0.510. The molecular formula is C6H8Cl2NPd-. The average Bonchev–Trinajstić information content (AvgIpc) is 1.91. The van der Waals surface area contributed by atoms with Gasteiger partial charge in [0.1, 0.15) is 0 Å². The van der Waals surface area contributed by atoms with Crippen molar-refractivity contribution in [1.82, 2.24) is 0 Å². The summed E-state index contributed by atoms with van der Waals surface area (Å²) in [6, 6.07) is 0.394. The molecule has 1 aliphatic heterocycles. The predicted octanol–water partition coefficient (Wildman–Crippen LogP) is 3.21. The first-order valence-corrected chi connectivity index (χ1v) is 6.67. The van der Waals surface area contributed by atoms with Gasteiger partial charge in [0.15, 0.2) is 0 Å². The maximum absolute atomic E-state index is 4.81. The zero-order chi connectivity index (χ0) is 7.82. The van der Waals surface area contributed by atoms with Gasteiger partial charge < -0.3 is 5.32 Å². The molecule has 0 N–H and O–H groups in total. The van der Waals surface area contributed by atoms with Crippen molar-refractivity contribution in [2.75, 3.05) is 0 Å². The van der Waals surface area contributed by atoms with E-state index < -0.39 is 0 Å². The van der Waals surface area contributed by atoms with E-state index in [2.05, 4.69) is 18.3 Å². The van der Waals surface area contributed by atoms with Gasteiger partial charge in [-0.1, -0.05) is 25.2 Å². The summed E-state index contributed by atoms with van der Waals surface area (Å²) in [5.41, 5.74) is 0.